The highest BCUT2D eigenvalue weighted by Gasteiger charge is 2.19. The lowest BCUT2D eigenvalue weighted by Crippen LogP contribution is -2.35. The number of nitrogens with one attached hydrogen (secondary N) is 1. The fourth-order valence-corrected chi connectivity index (χ4v) is 2.89. The molecule has 0 radical (unpaired) electrons. The third kappa shape index (κ3) is 3.08. The monoisotopic (exact) mass is 264 g/mol. The molecule has 0 heterocycles. The van der Waals surface area contributed by atoms with Crippen LogP contribution in [0.15, 0.2) is 23.1 Å². The summed E-state index contributed by atoms with van der Waals surface area (Å²) in [5, 5.41) is 8.83. The first-order valence-electron chi connectivity index (χ1n) is 4.55. The van der Waals surface area contributed by atoms with Crippen LogP contribution in [0.5, 0.6) is 0 Å². The molecule has 7 heteroatoms. The van der Waals surface area contributed by atoms with Crippen LogP contribution in [0.1, 0.15) is 6.92 Å². The maximum absolute atomic E-state index is 11.8. The van der Waals surface area contributed by atoms with Crippen molar-refractivity contribution in [3.05, 3.63) is 23.2 Å². The van der Waals surface area contributed by atoms with E-state index in [-0.39, 0.29) is 16.5 Å². The van der Waals surface area contributed by atoms with E-state index in [0.29, 0.717) is 5.69 Å². The molecule has 0 aromatic heterocycles. The molecule has 16 heavy (non-hydrogen) atoms. The number of anilines is 1. The van der Waals surface area contributed by atoms with Crippen molar-refractivity contribution in [2.24, 2.45) is 0 Å². The van der Waals surface area contributed by atoms with Gasteiger partial charge in [0.25, 0.3) is 0 Å². The van der Waals surface area contributed by atoms with Gasteiger partial charge in [-0.2, -0.15) is 0 Å². The summed E-state index contributed by atoms with van der Waals surface area (Å²) in [4.78, 5) is -0.0522. The number of sulfonamides is 1. The highest BCUT2D eigenvalue weighted by atomic mass is 35.5. The van der Waals surface area contributed by atoms with Gasteiger partial charge < -0.3 is 10.8 Å². The summed E-state index contributed by atoms with van der Waals surface area (Å²) in [5.74, 6) is 0. The molecule has 1 aromatic rings. The number of halogens is 1. The molecule has 0 aliphatic rings. The molecule has 5 nitrogen and oxygen atoms in total. The summed E-state index contributed by atoms with van der Waals surface area (Å²) >= 11 is 5.78. The van der Waals surface area contributed by atoms with E-state index in [0.717, 1.165) is 0 Å². The highest BCUT2D eigenvalue weighted by Crippen LogP contribution is 2.23. The van der Waals surface area contributed by atoms with Crippen LogP contribution >= 0.6 is 11.6 Å². The van der Waals surface area contributed by atoms with Gasteiger partial charge in [0.1, 0.15) is 4.90 Å². The van der Waals surface area contributed by atoms with Crippen LogP contribution in [0, 0.1) is 0 Å². The molecule has 0 spiro atoms. The minimum absolute atomic E-state index is 0.0522. The second kappa shape index (κ2) is 5.01. The largest absolute Gasteiger partial charge is 0.399 e. The lowest BCUT2D eigenvalue weighted by molar-refractivity contribution is 0.265. The Balaban J connectivity index is 3.08. The van der Waals surface area contributed by atoms with Crippen molar-refractivity contribution < 1.29 is 13.5 Å². The molecule has 0 unspecified atom stereocenters. The van der Waals surface area contributed by atoms with E-state index in [1.807, 2.05) is 0 Å². The first kappa shape index (κ1) is 13.2. The van der Waals surface area contributed by atoms with E-state index in [9.17, 15) is 8.42 Å². The van der Waals surface area contributed by atoms with Crippen LogP contribution in [0.4, 0.5) is 5.69 Å². The Hall–Kier alpha value is -0.820. The Morgan fingerprint density at radius 3 is 2.69 bits per heavy atom. The van der Waals surface area contributed by atoms with Gasteiger partial charge in [0.15, 0.2) is 0 Å². The summed E-state index contributed by atoms with van der Waals surface area (Å²) in [5.41, 5.74) is 5.85. The van der Waals surface area contributed by atoms with Crippen LogP contribution in [-0.2, 0) is 10.0 Å². The number of rotatable bonds is 4. The predicted molar refractivity (Wildman–Crippen MR) is 62.7 cm³/mol. The number of hydrogen-bond donors (Lipinski definition) is 3. The minimum atomic E-state index is -3.72. The van der Waals surface area contributed by atoms with Crippen LogP contribution in [-0.4, -0.2) is 26.2 Å². The predicted octanol–water partition coefficient (Wildman–Crippen LogP) is 0.581. The van der Waals surface area contributed by atoms with E-state index in [1.165, 1.54) is 18.2 Å². The number of aliphatic hydroxyl groups is 1. The molecular formula is C9H13ClN2O3S. The van der Waals surface area contributed by atoms with E-state index >= 15 is 0 Å². The topological polar surface area (TPSA) is 92.4 Å². The number of nitrogen functional groups attached to an aromatic ring is 1. The summed E-state index contributed by atoms with van der Waals surface area (Å²) in [6.07, 6.45) is 0. The van der Waals surface area contributed by atoms with Crippen LogP contribution < -0.4 is 10.5 Å². The van der Waals surface area contributed by atoms with E-state index in [2.05, 4.69) is 4.72 Å². The molecule has 0 fully saturated rings. The lowest BCUT2D eigenvalue weighted by Gasteiger charge is -2.12. The van der Waals surface area contributed by atoms with Crippen LogP contribution in [0.25, 0.3) is 0 Å². The van der Waals surface area contributed by atoms with Crippen molar-refractivity contribution in [1.29, 1.82) is 0 Å². The molecule has 1 aromatic carbocycles. The number of hydrogen-bond acceptors (Lipinski definition) is 4. The fourth-order valence-electron chi connectivity index (χ4n) is 1.10. The van der Waals surface area contributed by atoms with Gasteiger partial charge >= 0.3 is 0 Å². The average molecular weight is 265 g/mol. The maximum Gasteiger partial charge on any atom is 0.242 e. The van der Waals surface area contributed by atoms with Gasteiger partial charge in [-0.1, -0.05) is 11.6 Å². The van der Waals surface area contributed by atoms with Gasteiger partial charge in [-0.3, -0.25) is 0 Å². The van der Waals surface area contributed by atoms with Gasteiger partial charge in [0, 0.05) is 11.7 Å². The summed E-state index contributed by atoms with van der Waals surface area (Å²) in [6, 6.07) is 3.56. The SMILES string of the molecule is C[C@H](CO)NS(=O)(=O)c1ccc(N)cc1Cl. The summed E-state index contributed by atoms with van der Waals surface area (Å²) in [7, 11) is -3.72. The third-order valence-electron chi connectivity index (χ3n) is 1.88. The Kier molecular flexibility index (Phi) is 4.15. The first-order chi connectivity index (χ1) is 7.36. The van der Waals surface area contributed by atoms with Crippen molar-refractivity contribution in [2.75, 3.05) is 12.3 Å². The average Bonchev–Trinajstić information content (AvgIpc) is 2.16. The van der Waals surface area contributed by atoms with Gasteiger partial charge in [-0.05, 0) is 25.1 Å². The van der Waals surface area contributed by atoms with Gasteiger partial charge in [0.05, 0.1) is 11.6 Å². The van der Waals surface area contributed by atoms with Crippen molar-refractivity contribution >= 4 is 27.3 Å². The zero-order valence-corrected chi connectivity index (χ0v) is 10.2. The van der Waals surface area contributed by atoms with E-state index in [4.69, 9.17) is 22.4 Å². The zero-order chi connectivity index (χ0) is 12.3. The number of aliphatic hydroxyl groups excluding tert-OH is 1. The fraction of sp³-hybridized carbons (Fsp3) is 0.333. The Morgan fingerprint density at radius 2 is 2.19 bits per heavy atom. The van der Waals surface area contributed by atoms with Crippen molar-refractivity contribution in [3.8, 4) is 0 Å². The quantitative estimate of drug-likeness (QED) is 0.694. The molecular weight excluding hydrogens is 252 g/mol. The normalized spacial score (nSPS) is 13.7. The highest BCUT2D eigenvalue weighted by molar-refractivity contribution is 7.89. The molecule has 1 rings (SSSR count). The Bertz CT molecular complexity index is 476. The third-order valence-corrected chi connectivity index (χ3v) is 3.95. The minimum Gasteiger partial charge on any atom is -0.399 e. The van der Waals surface area contributed by atoms with Crippen LogP contribution in [0.2, 0.25) is 5.02 Å². The first-order valence-corrected chi connectivity index (χ1v) is 6.41. The molecule has 0 aliphatic carbocycles. The van der Waals surface area contributed by atoms with Crippen molar-refractivity contribution in [2.45, 2.75) is 17.9 Å². The molecule has 0 aliphatic heterocycles. The molecule has 0 amide bonds. The number of nitrogens with two attached hydrogens (primary N) is 1. The van der Waals surface area contributed by atoms with E-state index in [1.54, 1.807) is 6.92 Å². The van der Waals surface area contributed by atoms with Crippen molar-refractivity contribution in [3.63, 3.8) is 0 Å². The smallest absolute Gasteiger partial charge is 0.242 e. The second-order valence-electron chi connectivity index (χ2n) is 3.39. The molecule has 0 saturated carbocycles. The standard InChI is InChI=1S/C9H13ClN2O3S/c1-6(5-13)12-16(14,15)9-3-2-7(11)4-8(9)10/h2-4,6,12-13H,5,11H2,1H3/t6-/m1/s1. The Morgan fingerprint density at radius 1 is 1.56 bits per heavy atom. The summed E-state index contributed by atoms with van der Waals surface area (Å²) < 4.78 is 25.9. The molecule has 90 valence electrons. The Labute approximate surface area is 99.3 Å². The lowest BCUT2D eigenvalue weighted by atomic mass is 10.3. The van der Waals surface area contributed by atoms with Gasteiger partial charge in [-0.15, -0.1) is 0 Å². The molecule has 0 saturated heterocycles. The molecule has 1 atom stereocenters. The maximum atomic E-state index is 11.8. The van der Waals surface area contributed by atoms with Gasteiger partial charge in [-0.25, -0.2) is 13.1 Å². The summed E-state index contributed by atoms with van der Waals surface area (Å²) in [6.45, 7) is 1.26. The van der Waals surface area contributed by atoms with Gasteiger partial charge in [0.2, 0.25) is 10.0 Å². The van der Waals surface area contributed by atoms with Crippen molar-refractivity contribution in [1.82, 2.24) is 4.72 Å². The molecule has 4 N–H and O–H groups in total. The molecule has 0 bridgehead atoms. The zero-order valence-electron chi connectivity index (χ0n) is 8.64. The van der Waals surface area contributed by atoms with E-state index < -0.39 is 16.1 Å². The van der Waals surface area contributed by atoms with Crippen LogP contribution in [0.3, 0.4) is 0 Å². The number of benzene rings is 1. The second-order valence-corrected chi connectivity index (χ2v) is 5.48.